The van der Waals surface area contributed by atoms with Gasteiger partial charge in [0.2, 0.25) is 5.52 Å². The minimum absolute atomic E-state index is 0.123. The molecule has 3 aromatic carbocycles. The Hall–Kier alpha value is -3.11. The summed E-state index contributed by atoms with van der Waals surface area (Å²) in [6, 6.07) is 24.8. The van der Waals surface area contributed by atoms with E-state index in [0.29, 0.717) is 17.1 Å². The van der Waals surface area contributed by atoms with E-state index in [4.69, 9.17) is 11.6 Å². The molecule has 0 saturated carbocycles. The number of rotatable bonds is 4. The zero-order valence-electron chi connectivity index (χ0n) is 13.9. The number of hydrogen-bond acceptors (Lipinski definition) is 2. The van der Waals surface area contributed by atoms with Gasteiger partial charge in [-0.2, -0.15) is 0 Å². The van der Waals surface area contributed by atoms with Crippen molar-refractivity contribution in [3.8, 4) is 0 Å². The highest BCUT2D eigenvalue weighted by Gasteiger charge is 2.16. The van der Waals surface area contributed by atoms with Crippen molar-refractivity contribution in [3.05, 3.63) is 95.0 Å². The molecule has 0 spiro atoms. The van der Waals surface area contributed by atoms with Gasteiger partial charge in [0.25, 0.3) is 0 Å². The molecule has 0 aliphatic rings. The maximum Gasteiger partial charge on any atom is 0.203 e. The van der Waals surface area contributed by atoms with E-state index in [1.165, 1.54) is 6.20 Å². The van der Waals surface area contributed by atoms with Crippen LogP contribution in [0.5, 0.6) is 0 Å². The molecule has 5 heteroatoms. The lowest BCUT2D eigenvalue weighted by molar-refractivity contribution is -0.723. The molecule has 0 saturated heterocycles. The quantitative estimate of drug-likeness (QED) is 0.413. The molecule has 4 rings (SSSR count). The Morgan fingerprint density at radius 1 is 0.962 bits per heavy atom. The predicted molar refractivity (Wildman–Crippen MR) is 101 cm³/mol. The third-order valence-electron chi connectivity index (χ3n) is 4.15. The number of halogens is 1. The molecule has 0 N–H and O–H groups in total. The Morgan fingerprint density at radius 3 is 2.42 bits per heavy atom. The van der Waals surface area contributed by atoms with Crippen LogP contribution in [0.25, 0.3) is 23.0 Å². The third-order valence-corrected chi connectivity index (χ3v) is 4.41. The normalized spacial score (nSPS) is 11.8. The number of benzene rings is 3. The predicted octanol–water partition coefficient (Wildman–Crippen LogP) is 3.34. The molecule has 0 radical (unpaired) electrons. The smallest absolute Gasteiger partial charge is 0.203 e. The minimum atomic E-state index is -0.123. The molecule has 26 heavy (non-hydrogen) atoms. The molecule has 0 aliphatic carbocycles. The van der Waals surface area contributed by atoms with Crippen LogP contribution in [-0.2, 0) is 6.54 Å². The third kappa shape index (κ3) is 3.32. The molecule has 4 aromatic rings. The van der Waals surface area contributed by atoms with Crippen LogP contribution in [0.3, 0.4) is 0 Å². The maximum absolute atomic E-state index is 12.6. The summed E-state index contributed by atoms with van der Waals surface area (Å²) < 4.78 is 3.53. The Bertz CT molecular complexity index is 1070. The molecule has 1 heterocycles. The molecule has 0 fully saturated rings. The van der Waals surface area contributed by atoms with Gasteiger partial charge in [-0.15, -0.1) is 9.36 Å². The van der Waals surface area contributed by atoms with Crippen LogP contribution in [0, 0.1) is 0 Å². The lowest BCUT2D eigenvalue weighted by Crippen LogP contribution is -2.37. The molecule has 0 atom stereocenters. The van der Waals surface area contributed by atoms with E-state index in [0.717, 1.165) is 16.6 Å². The molecule has 0 unspecified atom stereocenters. The van der Waals surface area contributed by atoms with Gasteiger partial charge in [-0.05, 0) is 35.4 Å². The molecule has 0 amide bonds. The van der Waals surface area contributed by atoms with E-state index < -0.39 is 0 Å². The fourth-order valence-corrected chi connectivity index (χ4v) is 2.98. The first-order valence-corrected chi connectivity index (χ1v) is 8.64. The monoisotopic (exact) mass is 361 g/mol. The summed E-state index contributed by atoms with van der Waals surface area (Å²) in [6.07, 6.45) is 1.51. The van der Waals surface area contributed by atoms with Crippen LogP contribution >= 0.6 is 11.6 Å². The van der Waals surface area contributed by atoms with Gasteiger partial charge in [0.15, 0.2) is 5.52 Å². The maximum atomic E-state index is 12.6. The van der Waals surface area contributed by atoms with Crippen molar-refractivity contribution in [1.82, 2.24) is 9.90 Å². The standard InChI is InChI=1S/C21H16ClN3O/c22-18-12-10-17(11-13-18)21(26)15-25-20-9-5-4-8-19(20)24(23-25)14-16-6-2-1-3-7-16/h1-13,15H,14H2. The van der Waals surface area contributed by atoms with Crippen molar-refractivity contribution in [2.24, 2.45) is 0 Å². The van der Waals surface area contributed by atoms with Crippen LogP contribution in [0.1, 0.15) is 11.1 Å². The highest BCUT2D eigenvalue weighted by Crippen LogP contribution is 2.16. The second-order valence-corrected chi connectivity index (χ2v) is 6.40. The van der Waals surface area contributed by atoms with Gasteiger partial charge in [0.05, 0.1) is 5.21 Å². The van der Waals surface area contributed by atoms with Gasteiger partial charge < -0.3 is 5.11 Å². The molecule has 128 valence electrons. The van der Waals surface area contributed by atoms with Crippen LogP contribution in [-0.4, -0.2) is 9.90 Å². The Balaban J connectivity index is 1.76. The van der Waals surface area contributed by atoms with E-state index in [-0.39, 0.29) is 5.76 Å². The van der Waals surface area contributed by atoms with Crippen LogP contribution in [0.15, 0.2) is 78.9 Å². The topological polar surface area (TPSA) is 44.8 Å². The van der Waals surface area contributed by atoms with E-state index in [9.17, 15) is 5.11 Å². The largest absolute Gasteiger partial charge is 0.870 e. The fourth-order valence-electron chi connectivity index (χ4n) is 2.86. The average molecular weight is 362 g/mol. The van der Waals surface area contributed by atoms with Gasteiger partial charge in [-0.25, -0.2) is 0 Å². The summed E-state index contributed by atoms with van der Waals surface area (Å²) >= 11 is 5.89. The number of aromatic nitrogens is 3. The van der Waals surface area contributed by atoms with E-state index >= 15 is 0 Å². The summed E-state index contributed by atoms with van der Waals surface area (Å²) in [4.78, 5) is 0. The first-order valence-electron chi connectivity index (χ1n) is 8.27. The molecule has 1 aromatic heterocycles. The Kier molecular flexibility index (Phi) is 4.42. The van der Waals surface area contributed by atoms with E-state index in [2.05, 4.69) is 17.3 Å². The first kappa shape index (κ1) is 16.4. The lowest BCUT2D eigenvalue weighted by Gasteiger charge is -2.09. The number of hydrogen-bond donors (Lipinski definition) is 0. The van der Waals surface area contributed by atoms with Gasteiger partial charge in [-0.3, -0.25) is 0 Å². The van der Waals surface area contributed by atoms with Gasteiger partial charge in [-0.1, -0.05) is 72.0 Å². The lowest BCUT2D eigenvalue weighted by atomic mass is 10.2. The zero-order valence-corrected chi connectivity index (χ0v) is 14.7. The van der Waals surface area contributed by atoms with Crippen LogP contribution in [0.4, 0.5) is 0 Å². The minimum Gasteiger partial charge on any atom is -0.870 e. The second-order valence-electron chi connectivity index (χ2n) is 5.97. The molecule has 0 bridgehead atoms. The number of nitrogens with zero attached hydrogens (tertiary/aromatic N) is 3. The summed E-state index contributed by atoms with van der Waals surface area (Å²) in [6.45, 7) is 0.636. The Morgan fingerprint density at radius 2 is 1.65 bits per heavy atom. The van der Waals surface area contributed by atoms with E-state index in [1.54, 1.807) is 28.9 Å². The number of para-hydroxylation sites is 2. The highest BCUT2D eigenvalue weighted by atomic mass is 35.5. The summed E-state index contributed by atoms with van der Waals surface area (Å²) in [5.41, 5.74) is 3.57. The van der Waals surface area contributed by atoms with Crippen molar-refractivity contribution in [2.75, 3.05) is 0 Å². The molecule has 4 nitrogen and oxygen atoms in total. The Labute approximate surface area is 156 Å². The summed E-state index contributed by atoms with van der Waals surface area (Å²) in [5, 5.41) is 17.8. The van der Waals surface area contributed by atoms with E-state index in [1.807, 2.05) is 47.1 Å². The van der Waals surface area contributed by atoms with Crippen LogP contribution < -0.4 is 9.79 Å². The SMILES string of the molecule is [O-]/C(=C\n1n[n+](Cc2ccccc2)c2ccccc21)c1ccc(Cl)cc1. The fraction of sp³-hybridized carbons (Fsp3) is 0.0476. The highest BCUT2D eigenvalue weighted by molar-refractivity contribution is 6.30. The second kappa shape index (κ2) is 7.02. The average Bonchev–Trinajstić information content (AvgIpc) is 3.01. The van der Waals surface area contributed by atoms with Crippen molar-refractivity contribution in [3.63, 3.8) is 0 Å². The molecule has 0 aliphatic heterocycles. The first-order chi connectivity index (χ1) is 12.7. The molecular formula is C21H16ClN3O. The number of fused-ring (bicyclic) bond motifs is 1. The summed E-state index contributed by atoms with van der Waals surface area (Å²) in [7, 11) is 0. The van der Waals surface area contributed by atoms with Gasteiger partial charge >= 0.3 is 0 Å². The van der Waals surface area contributed by atoms with Crippen molar-refractivity contribution >= 4 is 34.6 Å². The van der Waals surface area contributed by atoms with Crippen LogP contribution in [0.2, 0.25) is 5.02 Å². The van der Waals surface area contributed by atoms with Gasteiger partial charge in [0, 0.05) is 5.02 Å². The molecular weight excluding hydrogens is 346 g/mol. The van der Waals surface area contributed by atoms with Crippen molar-refractivity contribution in [1.29, 1.82) is 0 Å². The van der Waals surface area contributed by atoms with Crippen molar-refractivity contribution in [2.45, 2.75) is 6.54 Å². The van der Waals surface area contributed by atoms with Crippen molar-refractivity contribution < 1.29 is 9.79 Å². The summed E-state index contributed by atoms with van der Waals surface area (Å²) in [5.74, 6) is -0.123. The zero-order chi connectivity index (χ0) is 17.9. The van der Waals surface area contributed by atoms with Gasteiger partial charge in [0.1, 0.15) is 12.7 Å².